The maximum absolute atomic E-state index is 15.6. The van der Waals surface area contributed by atoms with Gasteiger partial charge in [0.05, 0.1) is 23.5 Å². The van der Waals surface area contributed by atoms with Crippen LogP contribution in [0.3, 0.4) is 0 Å². The number of carbonyl (C=O) groups excluding carboxylic acids is 2. The van der Waals surface area contributed by atoms with Gasteiger partial charge in [0.15, 0.2) is 11.5 Å². The number of aromatic nitrogens is 1. The number of fused-ring (bicyclic) bond motifs is 2. The van der Waals surface area contributed by atoms with Crippen molar-refractivity contribution in [3.63, 3.8) is 0 Å². The number of carbonyl (C=O) groups is 2. The molecule has 5 rings (SSSR count). The monoisotopic (exact) mass is 597 g/mol. The summed E-state index contributed by atoms with van der Waals surface area (Å²) in [6.45, 7) is 13.9. The molecule has 3 aromatic rings. The summed E-state index contributed by atoms with van der Waals surface area (Å²) in [7, 11) is 0. The number of benzene rings is 2. The number of anilines is 1. The van der Waals surface area contributed by atoms with Gasteiger partial charge in [-0.3, -0.25) is 4.79 Å². The molecule has 2 aliphatic rings. The summed E-state index contributed by atoms with van der Waals surface area (Å²) < 4.78 is 48.2. The fourth-order valence-electron chi connectivity index (χ4n) is 5.48. The molecule has 2 unspecified atom stereocenters. The van der Waals surface area contributed by atoms with Gasteiger partial charge in [0, 0.05) is 35.7 Å². The number of halogens is 2. The smallest absolute Gasteiger partial charge is 0.407 e. The maximum Gasteiger partial charge on any atom is 0.407 e. The van der Waals surface area contributed by atoms with Crippen LogP contribution in [-0.2, 0) is 21.5 Å². The minimum Gasteiger partial charge on any atom is -0.444 e. The number of nitrogens with one attached hydrogen (secondary N) is 2. The van der Waals surface area contributed by atoms with Crippen molar-refractivity contribution in [3.8, 4) is 11.5 Å². The molecule has 8 nitrogen and oxygen atoms in total. The van der Waals surface area contributed by atoms with Crippen molar-refractivity contribution in [2.24, 2.45) is 5.92 Å². The summed E-state index contributed by atoms with van der Waals surface area (Å²) in [6, 6.07) is 7.85. The molecule has 0 radical (unpaired) electrons. The van der Waals surface area contributed by atoms with E-state index in [1.807, 2.05) is 10.6 Å². The summed E-state index contributed by atoms with van der Waals surface area (Å²) in [4.78, 5) is 25.8. The normalized spacial score (nSPS) is 18.9. The van der Waals surface area contributed by atoms with E-state index < -0.39 is 29.5 Å². The van der Waals surface area contributed by atoms with Gasteiger partial charge < -0.3 is 29.4 Å². The summed E-state index contributed by atoms with van der Waals surface area (Å²) in [5.41, 5.74) is 1.50. The van der Waals surface area contributed by atoms with Crippen molar-refractivity contribution in [3.05, 3.63) is 53.5 Å². The highest BCUT2D eigenvalue weighted by atomic mass is 19.2. The van der Waals surface area contributed by atoms with E-state index in [2.05, 4.69) is 31.4 Å². The zero-order chi connectivity index (χ0) is 31.3. The highest BCUT2D eigenvalue weighted by Crippen LogP contribution is 2.48. The quantitative estimate of drug-likeness (QED) is 0.280. The van der Waals surface area contributed by atoms with Gasteiger partial charge >= 0.3 is 12.1 Å². The van der Waals surface area contributed by atoms with Crippen molar-refractivity contribution in [1.29, 1.82) is 0 Å². The molecule has 1 fully saturated rings. The number of hydrogen-bond donors (Lipinski definition) is 2. The number of amides is 2. The van der Waals surface area contributed by atoms with Gasteiger partial charge in [-0.05, 0) is 69.4 Å². The Morgan fingerprint density at radius 1 is 1.07 bits per heavy atom. The first kappa shape index (κ1) is 30.6. The van der Waals surface area contributed by atoms with E-state index in [-0.39, 0.29) is 35.1 Å². The predicted octanol–water partition coefficient (Wildman–Crippen LogP) is 7.54. The van der Waals surface area contributed by atoms with Crippen LogP contribution in [-0.4, -0.2) is 34.8 Å². The highest BCUT2D eigenvalue weighted by molar-refractivity contribution is 5.98. The van der Waals surface area contributed by atoms with Gasteiger partial charge in [0.25, 0.3) is 0 Å². The van der Waals surface area contributed by atoms with Gasteiger partial charge in [0.1, 0.15) is 11.4 Å². The zero-order valence-electron chi connectivity index (χ0n) is 25.9. The molecule has 1 saturated carbocycles. The molecule has 0 bridgehead atoms. The van der Waals surface area contributed by atoms with Gasteiger partial charge in [-0.1, -0.05) is 33.8 Å². The molecule has 2 atom stereocenters. The molecule has 1 aliphatic carbocycles. The lowest BCUT2D eigenvalue weighted by Gasteiger charge is -2.23. The fraction of sp³-hybridized carbons (Fsp3) is 0.515. The lowest BCUT2D eigenvalue weighted by Crippen LogP contribution is -2.34. The molecule has 1 aliphatic heterocycles. The third-order valence-corrected chi connectivity index (χ3v) is 7.67. The Labute approximate surface area is 251 Å². The van der Waals surface area contributed by atoms with Crippen molar-refractivity contribution >= 4 is 28.6 Å². The van der Waals surface area contributed by atoms with E-state index in [9.17, 15) is 14.0 Å². The second-order valence-electron chi connectivity index (χ2n) is 13.5. The molecule has 0 spiro atoms. The molecule has 43 heavy (non-hydrogen) atoms. The molecule has 2 N–H and O–H groups in total. The Hall–Kier alpha value is -3.82. The summed E-state index contributed by atoms with van der Waals surface area (Å²) in [6.07, 6.45) is 1.24. The Morgan fingerprint density at radius 3 is 2.40 bits per heavy atom. The van der Waals surface area contributed by atoms with Crippen LogP contribution in [0.2, 0.25) is 0 Å². The molecule has 0 saturated heterocycles. The lowest BCUT2D eigenvalue weighted by atomic mass is 9.92. The van der Waals surface area contributed by atoms with Crippen LogP contribution in [0.5, 0.6) is 11.5 Å². The Morgan fingerprint density at radius 2 is 1.77 bits per heavy atom. The zero-order valence-corrected chi connectivity index (χ0v) is 25.9. The molecule has 2 aromatic carbocycles. The highest BCUT2D eigenvalue weighted by Gasteiger charge is 2.42. The number of alkyl carbamates (subject to hydrolysis) is 1. The topological polar surface area (TPSA) is 90.8 Å². The number of hydrogen-bond acceptors (Lipinski definition) is 5. The SMILES string of the molecule is CCC1(F)Oc2ccc(C(C(=O)Nc3cc4cc(C(C)(C)C)n(CCNC(=O)OC(C)(C)C)c4cc3F)C3CC3)cc2O1. The first-order valence-electron chi connectivity index (χ1n) is 14.9. The predicted molar refractivity (Wildman–Crippen MR) is 161 cm³/mol. The molecule has 1 aromatic heterocycles. The third kappa shape index (κ3) is 6.73. The molecule has 2 amide bonds. The van der Waals surface area contributed by atoms with E-state index >= 15 is 4.39 Å². The minimum atomic E-state index is -2.22. The van der Waals surface area contributed by atoms with Gasteiger partial charge in [0.2, 0.25) is 5.91 Å². The fourth-order valence-corrected chi connectivity index (χ4v) is 5.48. The van der Waals surface area contributed by atoms with E-state index in [0.29, 0.717) is 29.9 Å². The molecular weight excluding hydrogens is 556 g/mol. The van der Waals surface area contributed by atoms with E-state index in [1.165, 1.54) is 6.07 Å². The average Bonchev–Trinajstić information content (AvgIpc) is 3.56. The van der Waals surface area contributed by atoms with Crippen molar-refractivity contribution in [1.82, 2.24) is 9.88 Å². The van der Waals surface area contributed by atoms with Crippen LogP contribution in [0, 0.1) is 11.7 Å². The standard InChI is InChI=1S/C33H41F2N3O5/c1-8-33(35)41-25-12-11-20(16-26(25)42-33)28(19-9-10-19)29(39)37-23-15-21-17-27(31(2,3)4)38(24(21)18-22(23)34)14-13-36-30(40)43-32(5,6)7/h11-12,15-19,28H,8-10,13-14H2,1-7H3,(H,36,40)(H,37,39). The third-order valence-electron chi connectivity index (χ3n) is 7.67. The lowest BCUT2D eigenvalue weighted by molar-refractivity contribution is -0.191. The van der Waals surface area contributed by atoms with E-state index in [1.54, 1.807) is 52.0 Å². The van der Waals surface area contributed by atoms with Gasteiger partial charge in [-0.25, -0.2) is 9.18 Å². The minimum absolute atomic E-state index is 0.0181. The first-order valence-corrected chi connectivity index (χ1v) is 14.9. The van der Waals surface area contributed by atoms with Crippen LogP contribution >= 0.6 is 0 Å². The Balaban J connectivity index is 1.38. The molecule has 232 valence electrons. The summed E-state index contributed by atoms with van der Waals surface area (Å²) in [5, 5.41) is 6.36. The Kier molecular flexibility index (Phi) is 7.86. The first-order chi connectivity index (χ1) is 20.1. The van der Waals surface area contributed by atoms with Crippen LogP contribution in [0.25, 0.3) is 10.9 Å². The number of nitrogens with zero attached hydrogens (tertiary/aromatic N) is 1. The van der Waals surface area contributed by atoms with Crippen molar-refractivity contribution < 1.29 is 32.6 Å². The maximum atomic E-state index is 15.6. The van der Waals surface area contributed by atoms with E-state index in [0.717, 1.165) is 23.9 Å². The molecule has 2 heterocycles. The van der Waals surface area contributed by atoms with Crippen molar-refractivity contribution in [2.45, 2.75) is 97.2 Å². The molecule has 10 heteroatoms. The summed E-state index contributed by atoms with van der Waals surface area (Å²) in [5.74, 6) is -0.802. The van der Waals surface area contributed by atoms with Gasteiger partial charge in [-0.15, -0.1) is 0 Å². The average molecular weight is 598 g/mol. The van der Waals surface area contributed by atoms with Crippen LogP contribution < -0.4 is 20.1 Å². The van der Waals surface area contributed by atoms with Gasteiger partial charge in [-0.2, -0.15) is 4.39 Å². The largest absolute Gasteiger partial charge is 0.444 e. The van der Waals surface area contributed by atoms with Crippen molar-refractivity contribution in [2.75, 3.05) is 11.9 Å². The number of alkyl halides is 1. The Bertz CT molecular complexity index is 1550. The number of ether oxygens (including phenoxy) is 3. The molecular formula is C33H41F2N3O5. The second-order valence-corrected chi connectivity index (χ2v) is 13.5. The van der Waals surface area contributed by atoms with E-state index in [4.69, 9.17) is 14.2 Å². The van der Waals surface area contributed by atoms with Crippen LogP contribution in [0.15, 0.2) is 36.4 Å². The number of rotatable bonds is 8. The van der Waals surface area contributed by atoms with Crippen LogP contribution in [0.1, 0.15) is 84.9 Å². The summed E-state index contributed by atoms with van der Waals surface area (Å²) >= 11 is 0. The second kappa shape index (κ2) is 11.0. The van der Waals surface area contributed by atoms with Crippen LogP contribution in [0.4, 0.5) is 19.3 Å².